The van der Waals surface area contributed by atoms with Gasteiger partial charge in [-0.1, -0.05) is 18.2 Å². The number of para-hydroxylation sites is 1. The fourth-order valence-corrected chi connectivity index (χ4v) is 4.59. The van der Waals surface area contributed by atoms with Crippen LogP contribution in [-0.2, 0) is 18.4 Å². The van der Waals surface area contributed by atoms with E-state index >= 15 is 0 Å². The zero-order valence-electron chi connectivity index (χ0n) is 14.6. The predicted octanol–water partition coefficient (Wildman–Crippen LogP) is 2.77. The highest BCUT2D eigenvalue weighted by Crippen LogP contribution is 2.30. The monoisotopic (exact) mass is 355 g/mol. The zero-order chi connectivity index (χ0) is 17.6. The first-order valence-electron chi connectivity index (χ1n) is 8.39. The molecule has 3 aromatic rings. The molecule has 0 N–H and O–H groups in total. The molecule has 130 valence electrons. The van der Waals surface area contributed by atoms with Crippen LogP contribution in [0, 0.1) is 6.92 Å². The minimum absolute atomic E-state index is 0.150. The van der Waals surface area contributed by atoms with Crippen molar-refractivity contribution in [2.24, 2.45) is 7.05 Å². The molecule has 4 rings (SSSR count). The van der Waals surface area contributed by atoms with Crippen molar-refractivity contribution in [2.75, 3.05) is 12.3 Å². The molecule has 1 amide bonds. The number of nitrogens with zero attached hydrogens (tertiary/aromatic N) is 5. The first-order chi connectivity index (χ1) is 12.0. The quantitative estimate of drug-likeness (QED) is 0.678. The Bertz CT molecular complexity index is 944. The molecule has 2 aromatic heterocycles. The Kier molecular flexibility index (Phi) is 4.03. The maximum absolute atomic E-state index is 12.7. The molecule has 25 heavy (non-hydrogen) atoms. The van der Waals surface area contributed by atoms with E-state index in [2.05, 4.69) is 44.6 Å². The molecule has 3 heterocycles. The van der Waals surface area contributed by atoms with E-state index in [1.165, 1.54) is 10.9 Å². The van der Waals surface area contributed by atoms with Crippen LogP contribution >= 0.6 is 11.8 Å². The van der Waals surface area contributed by atoms with E-state index in [1.807, 2.05) is 31.0 Å². The number of rotatable bonds is 3. The van der Waals surface area contributed by atoms with Crippen molar-refractivity contribution >= 4 is 28.6 Å². The van der Waals surface area contributed by atoms with E-state index in [9.17, 15) is 4.79 Å². The molecule has 6 nitrogen and oxygen atoms in total. The van der Waals surface area contributed by atoms with Gasteiger partial charge in [-0.15, -0.1) is 22.0 Å². The summed E-state index contributed by atoms with van der Waals surface area (Å²) >= 11 is 1.61. The lowest BCUT2D eigenvalue weighted by atomic mass is 10.2. The second-order valence-corrected chi connectivity index (χ2v) is 7.58. The van der Waals surface area contributed by atoms with Crippen molar-refractivity contribution in [3.63, 3.8) is 0 Å². The molecular weight excluding hydrogens is 334 g/mol. The topological polar surface area (TPSA) is 56.0 Å². The van der Waals surface area contributed by atoms with Gasteiger partial charge in [-0.25, -0.2) is 0 Å². The molecule has 1 aromatic carbocycles. The Balaban J connectivity index is 1.48. The van der Waals surface area contributed by atoms with Gasteiger partial charge in [-0.2, -0.15) is 0 Å². The Morgan fingerprint density at radius 2 is 2.12 bits per heavy atom. The first-order valence-corrected chi connectivity index (χ1v) is 9.38. The van der Waals surface area contributed by atoms with Gasteiger partial charge in [-0.3, -0.25) is 4.79 Å². The van der Waals surface area contributed by atoms with Crippen LogP contribution in [0.3, 0.4) is 0 Å². The molecule has 0 spiro atoms. The van der Waals surface area contributed by atoms with Crippen LogP contribution < -0.4 is 0 Å². The summed E-state index contributed by atoms with van der Waals surface area (Å²) in [7, 11) is 2.04. The molecule has 0 radical (unpaired) electrons. The maximum Gasteiger partial charge on any atom is 0.233 e. The predicted molar refractivity (Wildman–Crippen MR) is 98.5 cm³/mol. The maximum atomic E-state index is 12.7. The van der Waals surface area contributed by atoms with Gasteiger partial charge in [0.2, 0.25) is 5.91 Å². The van der Waals surface area contributed by atoms with E-state index < -0.39 is 0 Å². The molecule has 1 aliphatic heterocycles. The summed E-state index contributed by atoms with van der Waals surface area (Å²) in [5, 5.41) is 9.55. The van der Waals surface area contributed by atoms with Crippen LogP contribution in [0.4, 0.5) is 0 Å². The average Bonchev–Trinajstić information content (AvgIpc) is 3.14. The molecule has 0 saturated carbocycles. The van der Waals surface area contributed by atoms with Crippen LogP contribution in [0.25, 0.3) is 10.9 Å². The fraction of sp³-hybridized carbons (Fsp3) is 0.389. The highest BCUT2D eigenvalue weighted by molar-refractivity contribution is 8.00. The van der Waals surface area contributed by atoms with Crippen LogP contribution in [0.2, 0.25) is 0 Å². The number of carbonyl (C=O) groups is 1. The normalized spacial score (nSPS) is 17.1. The summed E-state index contributed by atoms with van der Waals surface area (Å²) in [6.07, 6.45) is 2.10. The number of aromatic nitrogens is 4. The summed E-state index contributed by atoms with van der Waals surface area (Å²) < 4.78 is 4.23. The van der Waals surface area contributed by atoms with Crippen molar-refractivity contribution in [2.45, 2.75) is 31.3 Å². The second-order valence-electron chi connectivity index (χ2n) is 6.57. The lowest BCUT2D eigenvalue weighted by Gasteiger charge is -2.32. The molecular formula is C18H21N5OS. The van der Waals surface area contributed by atoms with E-state index in [1.54, 1.807) is 11.8 Å². The van der Waals surface area contributed by atoms with Gasteiger partial charge in [0.15, 0.2) is 5.82 Å². The summed E-state index contributed by atoms with van der Waals surface area (Å²) in [5.74, 6) is 2.38. The van der Waals surface area contributed by atoms with Crippen LogP contribution in [0.5, 0.6) is 0 Å². The van der Waals surface area contributed by atoms with Crippen molar-refractivity contribution in [3.8, 4) is 0 Å². The zero-order valence-corrected chi connectivity index (χ0v) is 15.5. The summed E-state index contributed by atoms with van der Waals surface area (Å²) in [6.45, 7) is 5.32. The van der Waals surface area contributed by atoms with Gasteiger partial charge in [0, 0.05) is 35.6 Å². The Hall–Kier alpha value is -2.28. The first kappa shape index (κ1) is 16.2. The number of hydrogen-bond donors (Lipinski definition) is 0. The molecule has 0 fully saturated rings. The highest BCUT2D eigenvalue weighted by atomic mass is 32.2. The number of fused-ring (bicyclic) bond motifs is 2. The molecule has 0 aliphatic carbocycles. The molecule has 1 aliphatic rings. The molecule has 1 atom stereocenters. The van der Waals surface area contributed by atoms with E-state index in [0.29, 0.717) is 18.8 Å². The summed E-state index contributed by atoms with van der Waals surface area (Å²) in [6, 6.07) is 8.49. The highest BCUT2D eigenvalue weighted by Gasteiger charge is 2.28. The van der Waals surface area contributed by atoms with Gasteiger partial charge < -0.3 is 14.0 Å². The number of hydrogen-bond acceptors (Lipinski definition) is 4. The molecule has 0 saturated heterocycles. The second kappa shape index (κ2) is 6.22. The van der Waals surface area contributed by atoms with E-state index in [0.717, 1.165) is 16.5 Å². The summed E-state index contributed by atoms with van der Waals surface area (Å²) in [5.41, 5.74) is 1.19. The van der Waals surface area contributed by atoms with Crippen LogP contribution in [0.1, 0.15) is 24.6 Å². The Morgan fingerprint density at radius 1 is 1.32 bits per heavy atom. The largest absolute Gasteiger partial charge is 0.349 e. The number of carbonyl (C=O) groups excluding carboxylic acids is 1. The number of benzene rings is 1. The molecule has 0 bridgehead atoms. The third kappa shape index (κ3) is 2.82. The average molecular weight is 355 g/mol. The van der Waals surface area contributed by atoms with Gasteiger partial charge in [-0.05, 0) is 19.9 Å². The number of amides is 1. The van der Waals surface area contributed by atoms with E-state index in [-0.39, 0.29) is 11.9 Å². The minimum Gasteiger partial charge on any atom is -0.349 e. The van der Waals surface area contributed by atoms with Gasteiger partial charge in [0.05, 0.1) is 18.3 Å². The minimum atomic E-state index is 0.150. The lowest BCUT2D eigenvalue weighted by Crippen LogP contribution is -2.41. The van der Waals surface area contributed by atoms with Crippen molar-refractivity contribution < 1.29 is 4.79 Å². The smallest absolute Gasteiger partial charge is 0.233 e. The SMILES string of the molecule is Cc1nnc2n1C(C)CN(C(=O)CSc1cn(C)c3ccccc13)C2. The standard InChI is InChI=1S/C18H21N5OS/c1-12-8-22(10-17-20-19-13(2)23(12)17)18(24)11-25-16-9-21(3)15-7-5-4-6-14(15)16/h4-7,9,12H,8,10-11H2,1-3H3. The van der Waals surface area contributed by atoms with Crippen molar-refractivity contribution in [3.05, 3.63) is 42.1 Å². The van der Waals surface area contributed by atoms with Gasteiger partial charge in [0.1, 0.15) is 5.82 Å². The fourth-order valence-electron chi connectivity index (χ4n) is 3.57. The van der Waals surface area contributed by atoms with Crippen molar-refractivity contribution in [1.29, 1.82) is 0 Å². The number of thioether (sulfide) groups is 1. The van der Waals surface area contributed by atoms with Gasteiger partial charge >= 0.3 is 0 Å². The van der Waals surface area contributed by atoms with Gasteiger partial charge in [0.25, 0.3) is 0 Å². The molecule has 1 unspecified atom stereocenters. The third-order valence-electron chi connectivity index (χ3n) is 4.76. The van der Waals surface area contributed by atoms with E-state index in [4.69, 9.17) is 0 Å². The number of aryl methyl sites for hydroxylation is 2. The van der Waals surface area contributed by atoms with Crippen LogP contribution in [0.15, 0.2) is 35.4 Å². The Morgan fingerprint density at radius 3 is 2.96 bits per heavy atom. The third-order valence-corrected chi connectivity index (χ3v) is 5.79. The molecule has 7 heteroatoms. The Labute approximate surface area is 150 Å². The summed E-state index contributed by atoms with van der Waals surface area (Å²) in [4.78, 5) is 15.8. The van der Waals surface area contributed by atoms with Crippen LogP contribution in [-0.4, -0.2) is 42.4 Å². The lowest BCUT2D eigenvalue weighted by molar-refractivity contribution is -0.130. The van der Waals surface area contributed by atoms with Crippen molar-refractivity contribution in [1.82, 2.24) is 24.2 Å².